The van der Waals surface area contributed by atoms with E-state index in [0.29, 0.717) is 60.3 Å². The number of nitrogens with zero attached hydrogens (tertiary/aromatic N) is 5. The second kappa shape index (κ2) is 7.48. The molecule has 154 valence electrons. The van der Waals surface area contributed by atoms with E-state index in [-0.39, 0.29) is 10.9 Å². The first-order valence-corrected chi connectivity index (χ1v) is 10.7. The number of morpholine rings is 1. The number of ether oxygens (including phenoxy) is 2. The fraction of sp³-hybridized carbons (Fsp3) is 0.389. The number of nitrogens with two attached hydrogens (primary N) is 1. The van der Waals surface area contributed by atoms with Gasteiger partial charge in [-0.3, -0.25) is 0 Å². The van der Waals surface area contributed by atoms with Gasteiger partial charge in [-0.25, -0.2) is 13.4 Å². The normalized spacial score (nSPS) is 15.0. The summed E-state index contributed by atoms with van der Waals surface area (Å²) in [5.74, 6) is 0.729. The zero-order valence-corrected chi connectivity index (χ0v) is 17.0. The molecule has 3 aromatic rings. The number of anilines is 2. The van der Waals surface area contributed by atoms with Crippen LogP contribution < -0.4 is 15.4 Å². The van der Waals surface area contributed by atoms with Crippen molar-refractivity contribution in [1.82, 2.24) is 19.5 Å². The predicted molar refractivity (Wildman–Crippen MR) is 108 cm³/mol. The molecule has 3 heterocycles. The molecule has 0 amide bonds. The topological polar surface area (TPSA) is 125 Å². The lowest BCUT2D eigenvalue weighted by molar-refractivity contribution is 0.122. The van der Waals surface area contributed by atoms with Gasteiger partial charge in [0.15, 0.2) is 17.0 Å². The third kappa shape index (κ3) is 3.70. The highest BCUT2D eigenvalue weighted by Gasteiger charge is 2.26. The molecule has 0 unspecified atom stereocenters. The Labute approximate surface area is 168 Å². The molecule has 1 aromatic carbocycles. The number of rotatable bonds is 5. The molecule has 11 heteroatoms. The third-order valence-electron chi connectivity index (χ3n) is 4.76. The lowest BCUT2D eigenvalue weighted by Crippen LogP contribution is -2.37. The number of benzene rings is 1. The van der Waals surface area contributed by atoms with Gasteiger partial charge in [0.05, 0.1) is 38.1 Å². The Balaban J connectivity index is 1.75. The highest BCUT2D eigenvalue weighted by atomic mass is 32.2. The number of methoxy groups -OCH3 is 1. The van der Waals surface area contributed by atoms with Gasteiger partial charge in [-0.2, -0.15) is 9.97 Å². The zero-order chi connectivity index (χ0) is 20.6. The van der Waals surface area contributed by atoms with Crippen LogP contribution >= 0.6 is 0 Å². The molecule has 4 rings (SSSR count). The number of aromatic nitrogens is 4. The smallest absolute Gasteiger partial charge is 0.251 e. The molecule has 29 heavy (non-hydrogen) atoms. The molecule has 0 radical (unpaired) electrons. The molecule has 0 saturated carbocycles. The predicted octanol–water partition coefficient (Wildman–Crippen LogP) is 0.765. The molecular weight excluding hydrogens is 396 g/mol. The Morgan fingerprint density at radius 3 is 2.69 bits per heavy atom. The Morgan fingerprint density at radius 2 is 2.00 bits per heavy atom. The summed E-state index contributed by atoms with van der Waals surface area (Å²) in [6, 6.07) is 4.89. The van der Waals surface area contributed by atoms with E-state index in [4.69, 9.17) is 15.2 Å². The average molecular weight is 418 g/mol. The van der Waals surface area contributed by atoms with Crippen LogP contribution in [0.2, 0.25) is 0 Å². The van der Waals surface area contributed by atoms with Gasteiger partial charge in [0.2, 0.25) is 9.84 Å². The van der Waals surface area contributed by atoms with Crippen molar-refractivity contribution >= 4 is 32.5 Å². The van der Waals surface area contributed by atoms with E-state index in [9.17, 15) is 8.42 Å². The van der Waals surface area contributed by atoms with E-state index in [0.717, 1.165) is 0 Å². The van der Waals surface area contributed by atoms with Crippen LogP contribution in [0, 0.1) is 0 Å². The van der Waals surface area contributed by atoms with Gasteiger partial charge in [-0.15, -0.1) is 0 Å². The summed E-state index contributed by atoms with van der Waals surface area (Å²) in [4.78, 5) is 15.0. The lowest BCUT2D eigenvalue weighted by Gasteiger charge is -2.28. The summed E-state index contributed by atoms with van der Waals surface area (Å²) in [5, 5.41) is -0.232. The second-order valence-corrected chi connectivity index (χ2v) is 8.68. The number of nitrogen functional groups attached to an aromatic ring is 1. The van der Waals surface area contributed by atoms with Crippen molar-refractivity contribution < 1.29 is 17.9 Å². The highest BCUT2D eigenvalue weighted by molar-refractivity contribution is 7.90. The van der Waals surface area contributed by atoms with Crippen molar-refractivity contribution in [3.8, 4) is 5.75 Å². The first-order valence-electron chi connectivity index (χ1n) is 9.06. The molecule has 1 saturated heterocycles. The van der Waals surface area contributed by atoms with E-state index in [2.05, 4.69) is 15.0 Å². The summed E-state index contributed by atoms with van der Waals surface area (Å²) >= 11 is 0. The van der Waals surface area contributed by atoms with Gasteiger partial charge < -0.3 is 24.7 Å². The van der Waals surface area contributed by atoms with Crippen molar-refractivity contribution in [2.45, 2.75) is 10.9 Å². The molecule has 0 spiro atoms. The Bertz CT molecular complexity index is 1150. The van der Waals surface area contributed by atoms with Gasteiger partial charge >= 0.3 is 0 Å². The monoisotopic (exact) mass is 418 g/mol. The van der Waals surface area contributed by atoms with E-state index < -0.39 is 9.84 Å². The molecule has 2 aromatic heterocycles. The van der Waals surface area contributed by atoms with Gasteiger partial charge in [-0.1, -0.05) is 6.07 Å². The van der Waals surface area contributed by atoms with Crippen molar-refractivity contribution in [3.05, 3.63) is 30.1 Å². The van der Waals surface area contributed by atoms with Crippen LogP contribution in [0.5, 0.6) is 5.75 Å². The molecule has 10 nitrogen and oxygen atoms in total. The third-order valence-corrected chi connectivity index (χ3v) is 6.21. The standard InChI is InChI=1S/C18H22N6O4S/c1-23-11-20-15-16(23)21-18(22-17(15)24-5-7-28-8-6-24)29(25,26)10-12-3-4-14(27-2)13(19)9-12/h3-4,9,11H,5-8,10,19H2,1-2H3. The molecule has 2 N–H and O–H groups in total. The summed E-state index contributed by atoms with van der Waals surface area (Å²) in [7, 11) is -0.539. The Kier molecular flexibility index (Phi) is 5.01. The molecular formula is C18H22N6O4S. The van der Waals surface area contributed by atoms with E-state index in [1.165, 1.54) is 7.11 Å². The minimum absolute atomic E-state index is 0.232. The van der Waals surface area contributed by atoms with Crippen molar-refractivity contribution in [1.29, 1.82) is 0 Å². The largest absolute Gasteiger partial charge is 0.495 e. The fourth-order valence-corrected chi connectivity index (χ4v) is 4.46. The van der Waals surface area contributed by atoms with E-state index >= 15 is 0 Å². The number of sulfone groups is 1. The number of hydrogen-bond donors (Lipinski definition) is 1. The van der Waals surface area contributed by atoms with Gasteiger partial charge in [-0.05, 0) is 17.7 Å². The van der Waals surface area contributed by atoms with Gasteiger partial charge in [0.25, 0.3) is 5.16 Å². The molecule has 0 aliphatic carbocycles. The van der Waals surface area contributed by atoms with E-state index in [1.54, 1.807) is 36.1 Å². The first-order chi connectivity index (χ1) is 13.9. The summed E-state index contributed by atoms with van der Waals surface area (Å²) in [6.07, 6.45) is 1.60. The number of imidazole rings is 1. The maximum absolute atomic E-state index is 13.1. The highest BCUT2D eigenvalue weighted by Crippen LogP contribution is 2.27. The van der Waals surface area contributed by atoms with Crippen molar-refractivity contribution in [3.63, 3.8) is 0 Å². The number of hydrogen-bond acceptors (Lipinski definition) is 9. The zero-order valence-electron chi connectivity index (χ0n) is 16.2. The van der Waals surface area contributed by atoms with Crippen LogP contribution in [-0.2, 0) is 27.4 Å². The van der Waals surface area contributed by atoms with Crippen LogP contribution in [0.1, 0.15) is 5.56 Å². The lowest BCUT2D eigenvalue weighted by atomic mass is 10.2. The average Bonchev–Trinajstić information content (AvgIpc) is 3.09. The van der Waals surface area contributed by atoms with Crippen LogP contribution in [0.25, 0.3) is 11.2 Å². The molecule has 0 atom stereocenters. The first kappa shape index (κ1) is 19.4. The fourth-order valence-electron chi connectivity index (χ4n) is 3.26. The minimum Gasteiger partial charge on any atom is -0.495 e. The van der Waals surface area contributed by atoms with Crippen molar-refractivity contribution in [2.24, 2.45) is 7.05 Å². The molecule has 0 bridgehead atoms. The van der Waals surface area contributed by atoms with Crippen molar-refractivity contribution in [2.75, 3.05) is 44.0 Å². The van der Waals surface area contributed by atoms with Crippen LogP contribution in [0.15, 0.2) is 29.7 Å². The summed E-state index contributed by atoms with van der Waals surface area (Å²) in [6.45, 7) is 2.31. The summed E-state index contributed by atoms with van der Waals surface area (Å²) in [5.41, 5.74) is 7.85. The number of aryl methyl sites for hydroxylation is 1. The van der Waals surface area contributed by atoms with Gasteiger partial charge in [0.1, 0.15) is 5.75 Å². The van der Waals surface area contributed by atoms with Gasteiger partial charge in [0, 0.05) is 20.1 Å². The maximum atomic E-state index is 13.1. The molecule has 1 fully saturated rings. The van der Waals surface area contributed by atoms with Crippen LogP contribution in [-0.4, -0.2) is 61.3 Å². The van der Waals surface area contributed by atoms with Crippen LogP contribution in [0.3, 0.4) is 0 Å². The Morgan fingerprint density at radius 1 is 1.24 bits per heavy atom. The quantitative estimate of drug-likeness (QED) is 0.472. The maximum Gasteiger partial charge on any atom is 0.251 e. The minimum atomic E-state index is -3.81. The number of fused-ring (bicyclic) bond motifs is 1. The van der Waals surface area contributed by atoms with E-state index in [1.807, 2.05) is 4.90 Å². The molecule has 1 aliphatic heterocycles. The SMILES string of the molecule is COc1ccc(CS(=O)(=O)c2nc(N3CCOCC3)c3ncn(C)c3n2)cc1N. The second-order valence-electron chi connectivity index (χ2n) is 6.79. The Hall–Kier alpha value is -2.92. The molecule has 1 aliphatic rings. The summed E-state index contributed by atoms with van der Waals surface area (Å²) < 4.78 is 38.4. The van der Waals surface area contributed by atoms with Crippen LogP contribution in [0.4, 0.5) is 11.5 Å².